The van der Waals surface area contributed by atoms with Crippen LogP contribution in [0, 0.1) is 5.92 Å². The van der Waals surface area contributed by atoms with E-state index in [1.807, 2.05) is 0 Å². The van der Waals surface area contributed by atoms with Crippen LogP contribution in [0.15, 0.2) is 24.3 Å². The molecule has 0 heterocycles. The quantitative estimate of drug-likeness (QED) is 0.704. The number of carbonyl (C=O) groups excluding carboxylic acids is 1. The molecule has 0 aliphatic heterocycles. The van der Waals surface area contributed by atoms with Crippen molar-refractivity contribution in [3.05, 3.63) is 35.4 Å². The van der Waals surface area contributed by atoms with Crippen LogP contribution in [0.5, 0.6) is 0 Å². The third-order valence-corrected chi connectivity index (χ3v) is 3.44. The van der Waals surface area contributed by atoms with Crippen molar-refractivity contribution in [2.75, 3.05) is 0 Å². The van der Waals surface area contributed by atoms with Gasteiger partial charge in [0.15, 0.2) is 0 Å². The lowest BCUT2D eigenvalue weighted by molar-refractivity contribution is -0.109. The van der Waals surface area contributed by atoms with Crippen LogP contribution in [0.2, 0.25) is 0 Å². The summed E-state index contributed by atoms with van der Waals surface area (Å²) >= 11 is 0. The molecule has 0 N–H and O–H groups in total. The SMILES string of the molecule is CC(C)(C)c1ccc(C(C=O)C2CC2)cc1. The van der Waals surface area contributed by atoms with Crippen molar-refractivity contribution in [2.24, 2.45) is 5.92 Å². The van der Waals surface area contributed by atoms with Gasteiger partial charge in [0, 0.05) is 5.92 Å². The number of rotatable bonds is 3. The summed E-state index contributed by atoms with van der Waals surface area (Å²) in [5.41, 5.74) is 2.71. The van der Waals surface area contributed by atoms with Gasteiger partial charge in [-0.1, -0.05) is 45.0 Å². The Bertz CT molecular complexity index is 365. The summed E-state index contributed by atoms with van der Waals surface area (Å²) < 4.78 is 0. The topological polar surface area (TPSA) is 17.1 Å². The highest BCUT2D eigenvalue weighted by Crippen LogP contribution is 2.41. The van der Waals surface area contributed by atoms with E-state index in [2.05, 4.69) is 45.0 Å². The predicted octanol–water partition coefficient (Wildman–Crippen LogP) is 3.68. The van der Waals surface area contributed by atoms with Gasteiger partial charge < -0.3 is 4.79 Å². The first kappa shape index (κ1) is 11.4. The molecule has 1 atom stereocenters. The monoisotopic (exact) mass is 216 g/mol. The molecule has 0 saturated heterocycles. The molecule has 1 aliphatic carbocycles. The average molecular weight is 216 g/mol. The van der Waals surface area contributed by atoms with Gasteiger partial charge in [0.1, 0.15) is 6.29 Å². The predicted molar refractivity (Wildman–Crippen MR) is 66.7 cm³/mol. The van der Waals surface area contributed by atoms with E-state index < -0.39 is 0 Å². The van der Waals surface area contributed by atoms with E-state index in [-0.39, 0.29) is 11.3 Å². The molecule has 1 heteroatoms. The van der Waals surface area contributed by atoms with Crippen molar-refractivity contribution in [3.63, 3.8) is 0 Å². The number of aldehydes is 1. The van der Waals surface area contributed by atoms with Gasteiger partial charge in [-0.3, -0.25) is 0 Å². The van der Waals surface area contributed by atoms with E-state index in [0.29, 0.717) is 5.92 Å². The Morgan fingerprint density at radius 3 is 2.12 bits per heavy atom. The van der Waals surface area contributed by atoms with E-state index in [9.17, 15) is 4.79 Å². The smallest absolute Gasteiger partial charge is 0.127 e. The lowest BCUT2D eigenvalue weighted by Gasteiger charge is -2.20. The normalized spacial score (nSPS) is 18.2. The molecule has 1 nitrogen and oxygen atoms in total. The summed E-state index contributed by atoms with van der Waals surface area (Å²) in [5, 5.41) is 0. The van der Waals surface area contributed by atoms with Crippen LogP contribution in [0.1, 0.15) is 50.7 Å². The number of hydrogen-bond donors (Lipinski definition) is 0. The van der Waals surface area contributed by atoms with Gasteiger partial charge in [0.05, 0.1) is 0 Å². The summed E-state index contributed by atoms with van der Waals surface area (Å²) in [6.07, 6.45) is 3.54. The largest absolute Gasteiger partial charge is 0.303 e. The van der Waals surface area contributed by atoms with Crippen molar-refractivity contribution in [2.45, 2.75) is 44.9 Å². The fourth-order valence-electron chi connectivity index (χ4n) is 2.12. The Hall–Kier alpha value is -1.11. The highest BCUT2D eigenvalue weighted by atomic mass is 16.1. The van der Waals surface area contributed by atoms with Gasteiger partial charge in [-0.05, 0) is 35.3 Å². The molecule has 0 amide bonds. The van der Waals surface area contributed by atoms with Crippen LogP contribution in [0.3, 0.4) is 0 Å². The van der Waals surface area contributed by atoms with Crippen molar-refractivity contribution in [1.29, 1.82) is 0 Å². The summed E-state index contributed by atoms with van der Waals surface area (Å²) in [5.74, 6) is 0.743. The maximum Gasteiger partial charge on any atom is 0.127 e. The molecule has 2 rings (SSSR count). The fraction of sp³-hybridized carbons (Fsp3) is 0.533. The lowest BCUT2D eigenvalue weighted by Crippen LogP contribution is -2.11. The van der Waals surface area contributed by atoms with Crippen LogP contribution in [-0.4, -0.2) is 6.29 Å². The zero-order valence-electron chi connectivity index (χ0n) is 10.4. The van der Waals surface area contributed by atoms with Gasteiger partial charge in [-0.15, -0.1) is 0 Å². The van der Waals surface area contributed by atoms with E-state index in [4.69, 9.17) is 0 Å². The second-order valence-electron chi connectivity index (χ2n) is 5.87. The van der Waals surface area contributed by atoms with Crippen LogP contribution in [-0.2, 0) is 10.2 Å². The average Bonchev–Trinajstić information content (AvgIpc) is 3.03. The molecule has 0 aromatic heterocycles. The van der Waals surface area contributed by atoms with Crippen molar-refractivity contribution in [1.82, 2.24) is 0 Å². The second kappa shape index (κ2) is 4.04. The van der Waals surface area contributed by atoms with E-state index in [0.717, 1.165) is 6.29 Å². The fourth-order valence-corrected chi connectivity index (χ4v) is 2.12. The third kappa shape index (κ3) is 2.34. The number of hydrogen-bond acceptors (Lipinski definition) is 1. The van der Waals surface area contributed by atoms with Gasteiger partial charge >= 0.3 is 0 Å². The summed E-state index contributed by atoms with van der Waals surface area (Å²) in [7, 11) is 0. The third-order valence-electron chi connectivity index (χ3n) is 3.44. The molecular formula is C15H20O. The molecule has 1 fully saturated rings. The molecule has 1 unspecified atom stereocenters. The highest BCUT2D eigenvalue weighted by molar-refractivity contribution is 5.63. The van der Waals surface area contributed by atoms with Crippen LogP contribution < -0.4 is 0 Å². The van der Waals surface area contributed by atoms with Crippen LogP contribution in [0.25, 0.3) is 0 Å². The Labute approximate surface area is 97.9 Å². The van der Waals surface area contributed by atoms with Crippen LogP contribution >= 0.6 is 0 Å². The van der Waals surface area contributed by atoms with E-state index >= 15 is 0 Å². The standard InChI is InChI=1S/C15H20O/c1-15(2,3)13-8-6-12(7-9-13)14(10-16)11-4-5-11/h6-11,14H,4-5H2,1-3H3. The zero-order chi connectivity index (χ0) is 11.8. The molecule has 0 radical (unpaired) electrons. The molecule has 1 aromatic carbocycles. The maximum absolute atomic E-state index is 11.1. The Kier molecular flexibility index (Phi) is 2.88. The van der Waals surface area contributed by atoms with Crippen molar-refractivity contribution in [3.8, 4) is 0 Å². The van der Waals surface area contributed by atoms with Gasteiger partial charge in [0.25, 0.3) is 0 Å². The van der Waals surface area contributed by atoms with E-state index in [1.165, 1.54) is 24.0 Å². The second-order valence-corrected chi connectivity index (χ2v) is 5.87. The van der Waals surface area contributed by atoms with Gasteiger partial charge in [-0.25, -0.2) is 0 Å². The van der Waals surface area contributed by atoms with Gasteiger partial charge in [-0.2, -0.15) is 0 Å². The van der Waals surface area contributed by atoms with Crippen LogP contribution in [0.4, 0.5) is 0 Å². The number of benzene rings is 1. The lowest BCUT2D eigenvalue weighted by atomic mass is 9.85. The minimum atomic E-state index is 0.133. The zero-order valence-corrected chi connectivity index (χ0v) is 10.4. The summed E-state index contributed by atoms with van der Waals surface area (Å²) in [6.45, 7) is 6.63. The summed E-state index contributed by atoms with van der Waals surface area (Å²) in [6, 6.07) is 8.57. The molecule has 1 saturated carbocycles. The summed E-state index contributed by atoms with van der Waals surface area (Å²) in [4.78, 5) is 11.1. The molecule has 16 heavy (non-hydrogen) atoms. The first-order chi connectivity index (χ1) is 7.52. The minimum Gasteiger partial charge on any atom is -0.303 e. The molecule has 86 valence electrons. The van der Waals surface area contributed by atoms with Crippen molar-refractivity contribution < 1.29 is 4.79 Å². The maximum atomic E-state index is 11.1. The first-order valence-electron chi connectivity index (χ1n) is 6.08. The number of carbonyl (C=O) groups is 1. The Balaban J connectivity index is 2.21. The Morgan fingerprint density at radius 1 is 1.19 bits per heavy atom. The molecule has 0 spiro atoms. The molecule has 1 aliphatic rings. The highest BCUT2D eigenvalue weighted by Gasteiger charge is 2.32. The first-order valence-corrected chi connectivity index (χ1v) is 6.08. The molecular weight excluding hydrogens is 196 g/mol. The molecule has 1 aromatic rings. The Morgan fingerprint density at radius 2 is 1.75 bits per heavy atom. The van der Waals surface area contributed by atoms with Crippen molar-refractivity contribution >= 4 is 6.29 Å². The van der Waals surface area contributed by atoms with E-state index in [1.54, 1.807) is 0 Å². The van der Waals surface area contributed by atoms with Gasteiger partial charge in [0.2, 0.25) is 0 Å². The molecule has 0 bridgehead atoms. The minimum absolute atomic E-state index is 0.133.